The summed E-state index contributed by atoms with van der Waals surface area (Å²) in [5.74, 6) is -0.525. The van der Waals surface area contributed by atoms with Gasteiger partial charge in [-0.1, -0.05) is 6.92 Å². The Bertz CT molecular complexity index is 299. The van der Waals surface area contributed by atoms with Gasteiger partial charge in [-0.25, -0.2) is 0 Å². The highest BCUT2D eigenvalue weighted by molar-refractivity contribution is 5.72. The Hall–Kier alpha value is -1.10. The summed E-state index contributed by atoms with van der Waals surface area (Å²) < 4.78 is 0. The zero-order chi connectivity index (χ0) is 13.7. The molecule has 1 aliphatic heterocycles. The predicted molar refractivity (Wildman–Crippen MR) is 69.2 cm³/mol. The third-order valence-electron chi connectivity index (χ3n) is 3.98. The van der Waals surface area contributed by atoms with Crippen molar-refractivity contribution >= 4 is 11.9 Å². The molecule has 2 unspecified atom stereocenters. The summed E-state index contributed by atoms with van der Waals surface area (Å²) in [4.78, 5) is 24.0. The number of rotatable bonds is 5. The molecule has 1 heterocycles. The molecule has 0 aromatic rings. The lowest BCUT2D eigenvalue weighted by Gasteiger charge is -2.37. The Morgan fingerprint density at radius 2 is 1.89 bits per heavy atom. The van der Waals surface area contributed by atoms with E-state index in [1.54, 1.807) is 6.92 Å². The number of hydrogen-bond acceptors (Lipinski definition) is 3. The first-order valence-corrected chi connectivity index (χ1v) is 6.63. The Morgan fingerprint density at radius 3 is 2.33 bits per heavy atom. The third-order valence-corrected chi connectivity index (χ3v) is 3.98. The fourth-order valence-corrected chi connectivity index (χ4v) is 2.37. The van der Waals surface area contributed by atoms with Crippen LogP contribution in [0.4, 0.5) is 0 Å². The predicted octanol–water partition coefficient (Wildman–Crippen LogP) is 0.944. The van der Waals surface area contributed by atoms with E-state index in [9.17, 15) is 9.59 Å². The lowest BCUT2D eigenvalue weighted by atomic mass is 9.93. The molecule has 0 saturated carbocycles. The maximum atomic E-state index is 11.0. The average Bonchev–Trinajstić information content (AvgIpc) is 2.35. The number of nitrogens with one attached hydrogen (secondary N) is 1. The minimum absolute atomic E-state index is 0.0188. The van der Waals surface area contributed by atoms with Crippen LogP contribution in [0.3, 0.4) is 0 Å². The molecule has 1 fully saturated rings. The molecule has 2 N–H and O–H groups in total. The van der Waals surface area contributed by atoms with E-state index in [-0.39, 0.29) is 17.9 Å². The number of piperidine rings is 1. The standard InChI is InChI=1S/C13H24N2O3/c1-9(13(17)18)10(2)15-6-4-12(5-7-15)8-14-11(3)16/h9-10,12H,4-8H2,1-3H3,(H,14,16)(H,17,18). The number of hydrogen-bond donors (Lipinski definition) is 2. The summed E-state index contributed by atoms with van der Waals surface area (Å²) in [5, 5.41) is 11.9. The first-order chi connectivity index (χ1) is 8.41. The minimum atomic E-state index is -0.733. The summed E-state index contributed by atoms with van der Waals surface area (Å²) in [7, 11) is 0. The number of carboxylic acid groups (broad SMARTS) is 1. The van der Waals surface area contributed by atoms with Gasteiger partial charge in [0.1, 0.15) is 0 Å². The number of carbonyl (C=O) groups excluding carboxylic acids is 1. The van der Waals surface area contributed by atoms with Gasteiger partial charge in [-0.2, -0.15) is 0 Å². The van der Waals surface area contributed by atoms with Crippen molar-refractivity contribution in [2.75, 3.05) is 19.6 Å². The van der Waals surface area contributed by atoms with Crippen molar-refractivity contribution in [3.63, 3.8) is 0 Å². The fourth-order valence-electron chi connectivity index (χ4n) is 2.37. The molecular weight excluding hydrogens is 232 g/mol. The maximum Gasteiger partial charge on any atom is 0.307 e. The van der Waals surface area contributed by atoms with E-state index in [2.05, 4.69) is 10.2 Å². The number of nitrogens with zero attached hydrogens (tertiary/aromatic N) is 1. The number of amides is 1. The van der Waals surface area contributed by atoms with Gasteiger partial charge in [0.2, 0.25) is 5.91 Å². The molecule has 1 saturated heterocycles. The Labute approximate surface area is 109 Å². The van der Waals surface area contributed by atoms with E-state index in [0.29, 0.717) is 5.92 Å². The zero-order valence-corrected chi connectivity index (χ0v) is 11.5. The zero-order valence-electron chi connectivity index (χ0n) is 11.5. The topological polar surface area (TPSA) is 69.6 Å². The highest BCUT2D eigenvalue weighted by atomic mass is 16.4. The van der Waals surface area contributed by atoms with Crippen LogP contribution in [-0.2, 0) is 9.59 Å². The summed E-state index contributed by atoms with van der Waals surface area (Å²) >= 11 is 0. The van der Waals surface area contributed by atoms with Crippen LogP contribution in [0.2, 0.25) is 0 Å². The molecule has 0 radical (unpaired) electrons. The van der Waals surface area contributed by atoms with Crippen molar-refractivity contribution < 1.29 is 14.7 Å². The molecule has 0 aromatic heterocycles. The van der Waals surface area contributed by atoms with Crippen LogP contribution in [0.15, 0.2) is 0 Å². The number of carboxylic acids is 1. The number of likely N-dealkylation sites (tertiary alicyclic amines) is 1. The highest BCUT2D eigenvalue weighted by Crippen LogP contribution is 2.21. The first-order valence-electron chi connectivity index (χ1n) is 6.63. The van der Waals surface area contributed by atoms with Crippen LogP contribution >= 0.6 is 0 Å². The van der Waals surface area contributed by atoms with Gasteiger partial charge in [0.25, 0.3) is 0 Å². The third kappa shape index (κ3) is 4.29. The van der Waals surface area contributed by atoms with Crippen LogP contribution in [0.25, 0.3) is 0 Å². The highest BCUT2D eigenvalue weighted by Gasteiger charge is 2.28. The lowest BCUT2D eigenvalue weighted by molar-refractivity contribution is -0.143. The van der Waals surface area contributed by atoms with Gasteiger partial charge in [0, 0.05) is 19.5 Å². The Kier molecular flexibility index (Phi) is 5.59. The van der Waals surface area contributed by atoms with E-state index >= 15 is 0 Å². The first kappa shape index (κ1) is 15.0. The van der Waals surface area contributed by atoms with Gasteiger partial charge in [0.15, 0.2) is 0 Å². The van der Waals surface area contributed by atoms with Gasteiger partial charge in [-0.05, 0) is 38.8 Å². The molecule has 0 bridgehead atoms. The van der Waals surface area contributed by atoms with Gasteiger partial charge in [-0.15, -0.1) is 0 Å². The smallest absolute Gasteiger partial charge is 0.307 e. The number of aliphatic carboxylic acids is 1. The van der Waals surface area contributed by atoms with Crippen molar-refractivity contribution in [1.29, 1.82) is 0 Å². The average molecular weight is 256 g/mol. The van der Waals surface area contributed by atoms with Crippen molar-refractivity contribution in [1.82, 2.24) is 10.2 Å². The van der Waals surface area contributed by atoms with Crippen molar-refractivity contribution in [2.24, 2.45) is 11.8 Å². The van der Waals surface area contributed by atoms with Crippen LogP contribution in [0.5, 0.6) is 0 Å². The van der Waals surface area contributed by atoms with Gasteiger partial charge < -0.3 is 10.4 Å². The van der Waals surface area contributed by atoms with E-state index in [0.717, 1.165) is 32.5 Å². The monoisotopic (exact) mass is 256 g/mol. The van der Waals surface area contributed by atoms with Crippen molar-refractivity contribution in [2.45, 2.75) is 39.7 Å². The summed E-state index contributed by atoms with van der Waals surface area (Å²) in [5.41, 5.74) is 0. The molecule has 0 spiro atoms. The van der Waals surface area contributed by atoms with Crippen LogP contribution in [0.1, 0.15) is 33.6 Å². The molecule has 18 heavy (non-hydrogen) atoms. The summed E-state index contributed by atoms with van der Waals surface area (Å²) in [6, 6.07) is 0.0733. The summed E-state index contributed by atoms with van der Waals surface area (Å²) in [6.45, 7) is 7.85. The maximum absolute atomic E-state index is 11.0. The molecule has 2 atom stereocenters. The minimum Gasteiger partial charge on any atom is -0.481 e. The van der Waals surface area contributed by atoms with Gasteiger partial charge in [-0.3, -0.25) is 14.5 Å². The van der Waals surface area contributed by atoms with E-state index in [1.807, 2.05) is 6.92 Å². The van der Waals surface area contributed by atoms with Crippen LogP contribution < -0.4 is 5.32 Å². The Morgan fingerprint density at radius 1 is 1.33 bits per heavy atom. The Balaban J connectivity index is 2.34. The largest absolute Gasteiger partial charge is 0.481 e. The molecule has 1 rings (SSSR count). The van der Waals surface area contributed by atoms with E-state index < -0.39 is 5.97 Å². The van der Waals surface area contributed by atoms with E-state index in [4.69, 9.17) is 5.11 Å². The van der Waals surface area contributed by atoms with Crippen molar-refractivity contribution in [3.05, 3.63) is 0 Å². The normalized spacial score (nSPS) is 21.3. The van der Waals surface area contributed by atoms with Gasteiger partial charge in [0.05, 0.1) is 5.92 Å². The quantitative estimate of drug-likeness (QED) is 0.768. The fraction of sp³-hybridized carbons (Fsp3) is 0.846. The van der Waals surface area contributed by atoms with Gasteiger partial charge >= 0.3 is 5.97 Å². The van der Waals surface area contributed by atoms with Crippen molar-refractivity contribution in [3.8, 4) is 0 Å². The number of carbonyl (C=O) groups is 2. The second kappa shape index (κ2) is 6.73. The molecular formula is C13H24N2O3. The van der Waals surface area contributed by atoms with Crippen LogP contribution in [-0.4, -0.2) is 47.6 Å². The van der Waals surface area contributed by atoms with Crippen LogP contribution in [0, 0.1) is 11.8 Å². The molecule has 0 aromatic carbocycles. The second-order valence-corrected chi connectivity index (χ2v) is 5.28. The second-order valence-electron chi connectivity index (χ2n) is 5.28. The van der Waals surface area contributed by atoms with E-state index in [1.165, 1.54) is 6.92 Å². The summed E-state index contributed by atoms with van der Waals surface area (Å²) in [6.07, 6.45) is 2.05. The SMILES string of the molecule is CC(=O)NCC1CCN(C(C)C(C)C(=O)O)CC1. The molecule has 0 aliphatic carbocycles. The molecule has 1 amide bonds. The molecule has 5 heteroatoms. The lowest BCUT2D eigenvalue weighted by Crippen LogP contribution is -2.46. The molecule has 5 nitrogen and oxygen atoms in total. The molecule has 1 aliphatic rings. The molecule has 104 valence electrons.